The zero-order valence-electron chi connectivity index (χ0n) is 10.5. The molecule has 0 atom stereocenters. The maximum atomic E-state index is 10.6. The topological polar surface area (TPSA) is 111 Å². The number of nitrogen functional groups attached to an aromatic ring is 1. The minimum absolute atomic E-state index is 0.0483. The van der Waals surface area contributed by atoms with Crippen LogP contribution in [-0.2, 0) is 4.74 Å². The van der Waals surface area contributed by atoms with Crippen LogP contribution in [0.15, 0.2) is 18.2 Å². The van der Waals surface area contributed by atoms with Gasteiger partial charge in [-0.2, -0.15) is 0 Å². The van der Waals surface area contributed by atoms with Crippen molar-refractivity contribution >= 4 is 17.1 Å². The average Bonchev–Trinajstić information content (AvgIpc) is 2.38. The van der Waals surface area contributed by atoms with Gasteiger partial charge in [-0.1, -0.05) is 0 Å². The van der Waals surface area contributed by atoms with Crippen LogP contribution in [-0.4, -0.2) is 35.4 Å². The van der Waals surface area contributed by atoms with Crippen LogP contribution in [0, 0.1) is 10.1 Å². The largest absolute Gasteiger partial charge is 0.397 e. The second-order valence-corrected chi connectivity index (χ2v) is 4.72. The van der Waals surface area contributed by atoms with Crippen LogP contribution < -0.4 is 11.1 Å². The van der Waals surface area contributed by atoms with Crippen molar-refractivity contribution in [3.63, 3.8) is 0 Å². The van der Waals surface area contributed by atoms with Gasteiger partial charge in [-0.3, -0.25) is 10.1 Å². The van der Waals surface area contributed by atoms with Crippen LogP contribution >= 0.6 is 0 Å². The molecule has 1 aliphatic rings. The standard InChI is InChI=1S/C12H17N3O4/c13-10-7-9(15(17)18)1-2-11(10)14-8-12(16)3-5-19-6-4-12/h1-2,7,14,16H,3-6,8,13H2. The summed E-state index contributed by atoms with van der Waals surface area (Å²) in [4.78, 5) is 10.1. The number of hydrogen-bond acceptors (Lipinski definition) is 6. The zero-order valence-corrected chi connectivity index (χ0v) is 10.5. The van der Waals surface area contributed by atoms with Gasteiger partial charge in [-0.05, 0) is 6.07 Å². The molecule has 2 rings (SSSR count). The number of rotatable bonds is 4. The van der Waals surface area contributed by atoms with Crippen LogP contribution in [0.1, 0.15) is 12.8 Å². The Bertz CT molecular complexity index is 472. The minimum atomic E-state index is -0.813. The molecular formula is C12H17N3O4. The first-order valence-electron chi connectivity index (χ1n) is 6.08. The number of nitrogens with zero attached hydrogens (tertiary/aromatic N) is 1. The first-order chi connectivity index (χ1) is 9.00. The number of benzene rings is 1. The number of nitrogens with one attached hydrogen (secondary N) is 1. The van der Waals surface area contributed by atoms with Crippen molar-refractivity contribution in [1.82, 2.24) is 0 Å². The molecule has 19 heavy (non-hydrogen) atoms. The van der Waals surface area contributed by atoms with E-state index in [4.69, 9.17) is 10.5 Å². The summed E-state index contributed by atoms with van der Waals surface area (Å²) >= 11 is 0. The molecule has 1 fully saturated rings. The number of nitro groups is 1. The molecule has 0 radical (unpaired) electrons. The highest BCUT2D eigenvalue weighted by molar-refractivity contribution is 5.69. The van der Waals surface area contributed by atoms with Gasteiger partial charge in [0.2, 0.25) is 0 Å². The molecule has 7 heteroatoms. The number of aliphatic hydroxyl groups is 1. The third kappa shape index (κ3) is 3.33. The minimum Gasteiger partial charge on any atom is -0.397 e. The summed E-state index contributed by atoms with van der Waals surface area (Å²) < 4.78 is 5.20. The van der Waals surface area contributed by atoms with Crippen LogP contribution in [0.5, 0.6) is 0 Å². The lowest BCUT2D eigenvalue weighted by molar-refractivity contribution is -0.384. The van der Waals surface area contributed by atoms with Gasteiger partial charge in [0, 0.05) is 44.7 Å². The summed E-state index contributed by atoms with van der Waals surface area (Å²) in [5.74, 6) is 0. The summed E-state index contributed by atoms with van der Waals surface area (Å²) in [7, 11) is 0. The van der Waals surface area contributed by atoms with Crippen molar-refractivity contribution < 1.29 is 14.8 Å². The smallest absolute Gasteiger partial charge is 0.271 e. The van der Waals surface area contributed by atoms with Gasteiger partial charge in [0.15, 0.2) is 0 Å². The molecule has 4 N–H and O–H groups in total. The van der Waals surface area contributed by atoms with E-state index >= 15 is 0 Å². The quantitative estimate of drug-likeness (QED) is 0.428. The lowest BCUT2D eigenvalue weighted by Gasteiger charge is -2.32. The van der Waals surface area contributed by atoms with E-state index in [0.717, 1.165) is 0 Å². The van der Waals surface area contributed by atoms with E-state index in [1.165, 1.54) is 12.1 Å². The van der Waals surface area contributed by atoms with Gasteiger partial charge in [-0.25, -0.2) is 0 Å². The van der Waals surface area contributed by atoms with E-state index < -0.39 is 10.5 Å². The maximum Gasteiger partial charge on any atom is 0.271 e. The SMILES string of the molecule is Nc1cc([N+](=O)[O-])ccc1NCC1(O)CCOCC1. The van der Waals surface area contributed by atoms with E-state index in [0.29, 0.717) is 44.0 Å². The Morgan fingerprint density at radius 1 is 1.47 bits per heavy atom. The van der Waals surface area contributed by atoms with Crippen LogP contribution in [0.4, 0.5) is 17.1 Å². The lowest BCUT2D eigenvalue weighted by atomic mass is 9.94. The Morgan fingerprint density at radius 2 is 2.16 bits per heavy atom. The zero-order chi connectivity index (χ0) is 13.9. The molecule has 1 saturated heterocycles. The average molecular weight is 267 g/mol. The number of nitrogens with two attached hydrogens (primary N) is 1. The van der Waals surface area contributed by atoms with Crippen LogP contribution in [0.2, 0.25) is 0 Å². The van der Waals surface area contributed by atoms with Gasteiger partial charge < -0.3 is 20.9 Å². The Hall–Kier alpha value is -1.86. The van der Waals surface area contributed by atoms with Crippen molar-refractivity contribution in [2.45, 2.75) is 18.4 Å². The van der Waals surface area contributed by atoms with E-state index in [1.54, 1.807) is 6.07 Å². The predicted molar refractivity (Wildman–Crippen MR) is 71.0 cm³/mol. The molecule has 1 heterocycles. The summed E-state index contributed by atoms with van der Waals surface area (Å²) in [6, 6.07) is 4.24. The molecule has 0 aliphatic carbocycles. The van der Waals surface area contributed by atoms with Crippen molar-refractivity contribution in [3.8, 4) is 0 Å². The molecule has 0 bridgehead atoms. The summed E-state index contributed by atoms with van der Waals surface area (Å²) in [5, 5.41) is 23.9. The van der Waals surface area contributed by atoms with E-state index in [9.17, 15) is 15.2 Å². The van der Waals surface area contributed by atoms with E-state index in [2.05, 4.69) is 5.32 Å². The lowest BCUT2D eigenvalue weighted by Crippen LogP contribution is -2.42. The summed E-state index contributed by atoms with van der Waals surface area (Å²) in [6.45, 7) is 1.42. The third-order valence-electron chi connectivity index (χ3n) is 3.28. The van der Waals surface area contributed by atoms with Crippen molar-refractivity contribution in [1.29, 1.82) is 0 Å². The number of hydrogen-bond donors (Lipinski definition) is 3. The Balaban J connectivity index is 2.01. The van der Waals surface area contributed by atoms with Crippen LogP contribution in [0.25, 0.3) is 0 Å². The first-order valence-corrected chi connectivity index (χ1v) is 6.08. The number of anilines is 2. The third-order valence-corrected chi connectivity index (χ3v) is 3.28. The molecule has 0 unspecified atom stereocenters. The molecule has 0 spiro atoms. The molecular weight excluding hydrogens is 250 g/mol. The van der Waals surface area contributed by atoms with E-state index in [-0.39, 0.29) is 5.69 Å². The van der Waals surface area contributed by atoms with Crippen molar-refractivity contribution in [3.05, 3.63) is 28.3 Å². The fourth-order valence-electron chi connectivity index (χ4n) is 2.01. The Kier molecular flexibility index (Phi) is 3.87. The highest BCUT2D eigenvalue weighted by atomic mass is 16.6. The highest BCUT2D eigenvalue weighted by Crippen LogP contribution is 2.26. The molecule has 0 saturated carbocycles. The second kappa shape index (κ2) is 5.41. The van der Waals surface area contributed by atoms with Gasteiger partial charge in [-0.15, -0.1) is 0 Å². The Morgan fingerprint density at radius 3 is 2.74 bits per heavy atom. The summed E-state index contributed by atoms with van der Waals surface area (Å²) in [5.41, 5.74) is 5.77. The molecule has 1 aromatic carbocycles. The van der Waals surface area contributed by atoms with Gasteiger partial charge in [0.1, 0.15) is 0 Å². The molecule has 104 valence electrons. The van der Waals surface area contributed by atoms with Gasteiger partial charge in [0.25, 0.3) is 5.69 Å². The van der Waals surface area contributed by atoms with Gasteiger partial charge in [0.05, 0.1) is 21.9 Å². The van der Waals surface area contributed by atoms with Crippen LogP contribution in [0.3, 0.4) is 0 Å². The normalized spacial score (nSPS) is 17.9. The fourth-order valence-corrected chi connectivity index (χ4v) is 2.01. The Labute approximate surface area is 110 Å². The molecule has 1 aliphatic heterocycles. The predicted octanol–water partition coefficient (Wildman–Crippen LogP) is 1.13. The number of ether oxygens (including phenoxy) is 1. The molecule has 7 nitrogen and oxygen atoms in total. The van der Waals surface area contributed by atoms with Gasteiger partial charge >= 0.3 is 0 Å². The van der Waals surface area contributed by atoms with Crippen molar-refractivity contribution in [2.75, 3.05) is 30.8 Å². The monoisotopic (exact) mass is 267 g/mol. The molecule has 0 aromatic heterocycles. The first kappa shape index (κ1) is 13.6. The highest BCUT2D eigenvalue weighted by Gasteiger charge is 2.29. The van der Waals surface area contributed by atoms with E-state index in [1.807, 2.05) is 0 Å². The number of nitro benzene ring substituents is 1. The maximum absolute atomic E-state index is 10.6. The number of non-ortho nitro benzene ring substituents is 1. The van der Waals surface area contributed by atoms with Crippen molar-refractivity contribution in [2.24, 2.45) is 0 Å². The summed E-state index contributed by atoms with van der Waals surface area (Å²) in [6.07, 6.45) is 1.12. The second-order valence-electron chi connectivity index (χ2n) is 4.72. The fraction of sp³-hybridized carbons (Fsp3) is 0.500. The molecule has 0 amide bonds. The molecule has 1 aromatic rings.